The van der Waals surface area contributed by atoms with Crippen molar-refractivity contribution >= 4 is 22.4 Å². The van der Waals surface area contributed by atoms with Crippen LogP contribution in [0.2, 0.25) is 0 Å². The first-order chi connectivity index (χ1) is 8.61. The number of aromatic nitrogens is 2. The fourth-order valence-electron chi connectivity index (χ4n) is 2.11. The van der Waals surface area contributed by atoms with Crippen molar-refractivity contribution in [1.82, 2.24) is 9.97 Å². The lowest BCUT2D eigenvalue weighted by molar-refractivity contribution is 0.510. The highest BCUT2D eigenvalue weighted by atomic mass is 15.0. The van der Waals surface area contributed by atoms with Gasteiger partial charge in [0.2, 0.25) is 0 Å². The lowest BCUT2D eigenvalue weighted by atomic mass is 10.0. The summed E-state index contributed by atoms with van der Waals surface area (Å²) in [6.45, 7) is 6.59. The molecule has 1 unspecified atom stereocenters. The van der Waals surface area contributed by atoms with Gasteiger partial charge in [-0.05, 0) is 30.5 Å². The maximum atomic E-state index is 5.83. The molecule has 0 bridgehead atoms. The second-order valence-electron chi connectivity index (χ2n) is 4.90. The highest BCUT2D eigenvalue weighted by Gasteiger charge is 2.13. The van der Waals surface area contributed by atoms with Crippen LogP contribution in [-0.2, 0) is 0 Å². The summed E-state index contributed by atoms with van der Waals surface area (Å²) in [6.07, 6.45) is 2.65. The Morgan fingerprint density at radius 3 is 2.72 bits per heavy atom. The Labute approximate surface area is 108 Å². The van der Waals surface area contributed by atoms with Gasteiger partial charge in [0.15, 0.2) is 0 Å². The number of nitrogen functional groups attached to an aromatic ring is 1. The van der Waals surface area contributed by atoms with Crippen LogP contribution in [0.25, 0.3) is 10.9 Å². The molecule has 4 nitrogen and oxygen atoms in total. The van der Waals surface area contributed by atoms with Crippen molar-refractivity contribution in [3.63, 3.8) is 0 Å². The first-order valence-corrected chi connectivity index (χ1v) is 6.38. The zero-order valence-corrected chi connectivity index (χ0v) is 11.1. The molecule has 18 heavy (non-hydrogen) atoms. The molecule has 96 valence electrons. The topological polar surface area (TPSA) is 63.8 Å². The first-order valence-electron chi connectivity index (χ1n) is 6.38. The second kappa shape index (κ2) is 5.21. The number of nitrogens with zero attached hydrogens (tertiary/aromatic N) is 2. The molecule has 0 fully saturated rings. The van der Waals surface area contributed by atoms with E-state index in [4.69, 9.17) is 5.73 Å². The summed E-state index contributed by atoms with van der Waals surface area (Å²) in [5.41, 5.74) is 7.48. The number of anilines is 2. The fraction of sp³-hybridized carbons (Fsp3) is 0.429. The maximum absolute atomic E-state index is 5.83. The van der Waals surface area contributed by atoms with Crippen LogP contribution in [0.1, 0.15) is 27.2 Å². The van der Waals surface area contributed by atoms with E-state index in [0.29, 0.717) is 12.0 Å². The molecule has 4 heteroatoms. The Bertz CT molecular complexity index is 536. The van der Waals surface area contributed by atoms with Crippen LogP contribution < -0.4 is 11.1 Å². The molecule has 2 rings (SSSR count). The summed E-state index contributed by atoms with van der Waals surface area (Å²) < 4.78 is 0. The third-order valence-corrected chi connectivity index (χ3v) is 3.23. The lowest BCUT2D eigenvalue weighted by Gasteiger charge is -2.22. The summed E-state index contributed by atoms with van der Waals surface area (Å²) in [5, 5.41) is 4.47. The van der Waals surface area contributed by atoms with Gasteiger partial charge in [-0.25, -0.2) is 9.97 Å². The van der Waals surface area contributed by atoms with Crippen LogP contribution in [0.4, 0.5) is 11.5 Å². The van der Waals surface area contributed by atoms with Gasteiger partial charge >= 0.3 is 0 Å². The van der Waals surface area contributed by atoms with Gasteiger partial charge < -0.3 is 11.1 Å². The first kappa shape index (κ1) is 12.6. The van der Waals surface area contributed by atoms with Crippen molar-refractivity contribution in [2.24, 2.45) is 5.92 Å². The van der Waals surface area contributed by atoms with Crippen molar-refractivity contribution in [3.05, 3.63) is 24.5 Å². The molecular weight excluding hydrogens is 224 g/mol. The van der Waals surface area contributed by atoms with Gasteiger partial charge in [-0.15, -0.1) is 0 Å². The zero-order chi connectivity index (χ0) is 13.1. The molecule has 0 radical (unpaired) electrons. The van der Waals surface area contributed by atoms with E-state index in [2.05, 4.69) is 36.1 Å². The van der Waals surface area contributed by atoms with Crippen LogP contribution in [0, 0.1) is 5.92 Å². The lowest BCUT2D eigenvalue weighted by Crippen LogP contribution is -2.25. The Balaban J connectivity index is 2.41. The highest BCUT2D eigenvalue weighted by molar-refractivity contribution is 5.91. The van der Waals surface area contributed by atoms with Gasteiger partial charge in [-0.3, -0.25) is 0 Å². The van der Waals surface area contributed by atoms with E-state index in [1.165, 1.54) is 0 Å². The average Bonchev–Trinajstić information content (AvgIpc) is 2.35. The molecule has 1 aromatic heterocycles. The Morgan fingerprint density at radius 1 is 1.28 bits per heavy atom. The molecule has 0 saturated carbocycles. The quantitative estimate of drug-likeness (QED) is 0.811. The van der Waals surface area contributed by atoms with Crippen LogP contribution in [0.5, 0.6) is 0 Å². The molecule has 3 N–H and O–H groups in total. The van der Waals surface area contributed by atoms with Crippen LogP contribution >= 0.6 is 0 Å². The minimum Gasteiger partial charge on any atom is -0.399 e. The Hall–Kier alpha value is -1.84. The molecule has 0 saturated heterocycles. The van der Waals surface area contributed by atoms with E-state index >= 15 is 0 Å². The zero-order valence-electron chi connectivity index (χ0n) is 11.1. The summed E-state index contributed by atoms with van der Waals surface area (Å²) >= 11 is 0. The van der Waals surface area contributed by atoms with E-state index < -0.39 is 0 Å². The molecule has 1 aromatic carbocycles. The molecule has 1 heterocycles. The molecule has 0 amide bonds. The van der Waals surface area contributed by atoms with Gasteiger partial charge in [0.1, 0.15) is 12.1 Å². The summed E-state index contributed by atoms with van der Waals surface area (Å²) in [7, 11) is 0. The van der Waals surface area contributed by atoms with E-state index in [9.17, 15) is 0 Å². The molecule has 0 aliphatic carbocycles. The highest BCUT2D eigenvalue weighted by Crippen LogP contribution is 2.23. The second-order valence-corrected chi connectivity index (χ2v) is 4.90. The number of rotatable bonds is 4. The maximum Gasteiger partial charge on any atom is 0.137 e. The fourth-order valence-corrected chi connectivity index (χ4v) is 2.11. The molecule has 2 aromatic rings. The van der Waals surface area contributed by atoms with Crippen molar-refractivity contribution in [3.8, 4) is 0 Å². The van der Waals surface area contributed by atoms with Gasteiger partial charge in [0, 0.05) is 17.1 Å². The third-order valence-electron chi connectivity index (χ3n) is 3.23. The number of hydrogen-bond acceptors (Lipinski definition) is 4. The minimum atomic E-state index is 0.407. The predicted octanol–water partition coefficient (Wildman–Crippen LogP) is 3.06. The largest absolute Gasteiger partial charge is 0.399 e. The van der Waals surface area contributed by atoms with Gasteiger partial charge in [0.05, 0.1) is 5.52 Å². The van der Waals surface area contributed by atoms with Crippen molar-refractivity contribution < 1.29 is 0 Å². The number of nitrogens with two attached hydrogens (primary N) is 1. The molecular formula is C14H20N4. The van der Waals surface area contributed by atoms with Gasteiger partial charge in [-0.1, -0.05) is 20.8 Å². The summed E-state index contributed by atoms with van der Waals surface area (Å²) in [5.74, 6) is 1.42. The average molecular weight is 244 g/mol. The van der Waals surface area contributed by atoms with Crippen molar-refractivity contribution in [2.45, 2.75) is 33.2 Å². The minimum absolute atomic E-state index is 0.407. The van der Waals surface area contributed by atoms with Gasteiger partial charge in [0.25, 0.3) is 0 Å². The molecule has 0 aliphatic heterocycles. The van der Waals surface area contributed by atoms with Crippen molar-refractivity contribution in [2.75, 3.05) is 11.1 Å². The van der Waals surface area contributed by atoms with E-state index in [1.807, 2.05) is 18.2 Å². The monoisotopic (exact) mass is 244 g/mol. The number of hydrogen-bond donors (Lipinski definition) is 2. The number of fused-ring (bicyclic) bond motifs is 1. The van der Waals surface area contributed by atoms with E-state index in [-0.39, 0.29) is 0 Å². The summed E-state index contributed by atoms with van der Waals surface area (Å²) in [4.78, 5) is 8.59. The van der Waals surface area contributed by atoms with Crippen LogP contribution in [-0.4, -0.2) is 16.0 Å². The number of nitrogens with one attached hydrogen (secondary N) is 1. The van der Waals surface area contributed by atoms with Crippen LogP contribution in [0.3, 0.4) is 0 Å². The Kier molecular flexibility index (Phi) is 3.65. The predicted molar refractivity (Wildman–Crippen MR) is 76.5 cm³/mol. The SMILES string of the molecule is CCC(Nc1ncnc2ccc(N)cc12)C(C)C. The smallest absolute Gasteiger partial charge is 0.137 e. The van der Waals surface area contributed by atoms with E-state index in [0.717, 1.165) is 28.8 Å². The van der Waals surface area contributed by atoms with Gasteiger partial charge in [-0.2, -0.15) is 0 Å². The third kappa shape index (κ3) is 2.53. The summed E-state index contributed by atoms with van der Waals surface area (Å²) in [6, 6.07) is 6.11. The number of benzene rings is 1. The standard InChI is InChI=1S/C14H20N4/c1-4-12(9(2)3)18-14-11-7-10(15)5-6-13(11)16-8-17-14/h5-9,12H,4,15H2,1-3H3,(H,16,17,18). The van der Waals surface area contributed by atoms with E-state index in [1.54, 1.807) is 6.33 Å². The van der Waals surface area contributed by atoms with Crippen LogP contribution in [0.15, 0.2) is 24.5 Å². The molecule has 1 atom stereocenters. The van der Waals surface area contributed by atoms with Crippen molar-refractivity contribution in [1.29, 1.82) is 0 Å². The Morgan fingerprint density at radius 2 is 2.06 bits per heavy atom. The normalized spacial score (nSPS) is 12.9. The molecule has 0 spiro atoms. The molecule has 0 aliphatic rings.